The number of fused-ring (bicyclic) bond motifs is 1. The first kappa shape index (κ1) is 17.2. The topological polar surface area (TPSA) is 29.0 Å². The zero-order valence-electron chi connectivity index (χ0n) is 13.8. The van der Waals surface area contributed by atoms with Crippen LogP contribution >= 0.6 is 12.4 Å². The number of para-hydroxylation sites is 1. The van der Waals surface area contributed by atoms with Gasteiger partial charge in [0.1, 0.15) is 5.82 Å². The van der Waals surface area contributed by atoms with Crippen molar-refractivity contribution in [1.29, 1.82) is 0 Å². The molecular formula is C19H22ClN3. The Morgan fingerprint density at radius 3 is 2.17 bits per heavy atom. The highest BCUT2D eigenvalue weighted by molar-refractivity contribution is 5.91. The molecular weight excluding hydrogens is 306 g/mol. The van der Waals surface area contributed by atoms with E-state index < -0.39 is 0 Å². The maximum atomic E-state index is 4.86. The quantitative estimate of drug-likeness (QED) is 0.684. The minimum atomic E-state index is 0. The molecule has 120 valence electrons. The summed E-state index contributed by atoms with van der Waals surface area (Å²) in [5.74, 6) is 1.81. The number of aromatic nitrogens is 2. The van der Waals surface area contributed by atoms with Gasteiger partial charge in [0, 0.05) is 24.0 Å². The van der Waals surface area contributed by atoms with E-state index in [4.69, 9.17) is 9.97 Å². The fraction of sp³-hybridized carbons (Fsp3) is 0.263. The molecule has 1 aromatic heterocycles. The Labute approximate surface area is 143 Å². The molecule has 0 aliphatic heterocycles. The van der Waals surface area contributed by atoms with Gasteiger partial charge in [-0.15, -0.1) is 12.4 Å². The Kier molecular flexibility index (Phi) is 5.56. The minimum Gasteiger partial charge on any atom is -0.357 e. The van der Waals surface area contributed by atoms with Crippen LogP contribution in [0.15, 0.2) is 48.5 Å². The highest BCUT2D eigenvalue weighted by Crippen LogP contribution is 2.27. The largest absolute Gasteiger partial charge is 0.357 e. The Hall–Kier alpha value is -2.13. The summed E-state index contributed by atoms with van der Waals surface area (Å²) in [6, 6.07) is 16.6. The number of rotatable bonds is 4. The van der Waals surface area contributed by atoms with Crippen LogP contribution in [0.5, 0.6) is 0 Å². The highest BCUT2D eigenvalue weighted by atomic mass is 35.5. The molecule has 0 unspecified atom stereocenters. The molecule has 0 atom stereocenters. The second-order valence-corrected chi connectivity index (χ2v) is 5.43. The van der Waals surface area contributed by atoms with Gasteiger partial charge in [0.05, 0.1) is 5.52 Å². The van der Waals surface area contributed by atoms with Gasteiger partial charge in [-0.25, -0.2) is 9.97 Å². The van der Waals surface area contributed by atoms with Crippen LogP contribution in [0, 0.1) is 6.92 Å². The van der Waals surface area contributed by atoms with Crippen LogP contribution in [-0.2, 0) is 0 Å². The summed E-state index contributed by atoms with van der Waals surface area (Å²) < 4.78 is 0. The van der Waals surface area contributed by atoms with Crippen LogP contribution in [0.1, 0.15) is 19.4 Å². The van der Waals surface area contributed by atoms with Crippen LogP contribution in [-0.4, -0.2) is 23.1 Å². The Bertz CT molecular complexity index is 780. The van der Waals surface area contributed by atoms with Gasteiger partial charge in [-0.05, 0) is 32.9 Å². The molecule has 0 radical (unpaired) electrons. The number of hydrogen-bond acceptors (Lipinski definition) is 3. The average molecular weight is 328 g/mol. The molecule has 0 saturated carbocycles. The summed E-state index contributed by atoms with van der Waals surface area (Å²) in [7, 11) is 0. The van der Waals surface area contributed by atoms with Crippen molar-refractivity contribution in [3.63, 3.8) is 0 Å². The third-order valence-electron chi connectivity index (χ3n) is 3.96. The standard InChI is InChI=1S/C19H21N3.ClH/c1-4-22(5-2)19-16-8-6-7-9-17(16)20-18(21-19)15-12-10-14(3)11-13-15;/h6-13H,4-5H2,1-3H3;1H. The smallest absolute Gasteiger partial charge is 0.162 e. The maximum absolute atomic E-state index is 4.86. The summed E-state index contributed by atoms with van der Waals surface area (Å²) in [4.78, 5) is 11.9. The third kappa shape index (κ3) is 3.45. The van der Waals surface area contributed by atoms with E-state index in [1.807, 2.05) is 12.1 Å². The van der Waals surface area contributed by atoms with Crippen molar-refractivity contribution < 1.29 is 0 Å². The summed E-state index contributed by atoms with van der Waals surface area (Å²) in [6.45, 7) is 8.28. The highest BCUT2D eigenvalue weighted by Gasteiger charge is 2.13. The molecule has 2 aromatic carbocycles. The van der Waals surface area contributed by atoms with Gasteiger partial charge in [0.2, 0.25) is 0 Å². The van der Waals surface area contributed by atoms with Crippen LogP contribution in [0.25, 0.3) is 22.3 Å². The molecule has 3 aromatic rings. The first-order valence-electron chi connectivity index (χ1n) is 7.81. The normalized spacial score (nSPS) is 10.4. The molecule has 0 amide bonds. The van der Waals surface area contributed by atoms with Crippen LogP contribution in [0.4, 0.5) is 5.82 Å². The van der Waals surface area contributed by atoms with Crippen molar-refractivity contribution in [2.75, 3.05) is 18.0 Å². The number of anilines is 1. The van der Waals surface area contributed by atoms with Crippen LogP contribution in [0.3, 0.4) is 0 Å². The lowest BCUT2D eigenvalue weighted by Gasteiger charge is -2.22. The van der Waals surface area contributed by atoms with Crippen molar-refractivity contribution in [3.8, 4) is 11.4 Å². The molecule has 23 heavy (non-hydrogen) atoms. The van der Waals surface area contributed by atoms with Crippen molar-refractivity contribution >= 4 is 29.1 Å². The van der Waals surface area contributed by atoms with Gasteiger partial charge < -0.3 is 4.90 Å². The molecule has 0 aliphatic rings. The van der Waals surface area contributed by atoms with E-state index >= 15 is 0 Å². The molecule has 0 N–H and O–H groups in total. The average Bonchev–Trinajstić information content (AvgIpc) is 2.56. The van der Waals surface area contributed by atoms with Gasteiger partial charge in [-0.1, -0.05) is 42.0 Å². The molecule has 0 saturated heterocycles. The van der Waals surface area contributed by atoms with E-state index in [0.29, 0.717) is 0 Å². The number of hydrogen-bond donors (Lipinski definition) is 0. The molecule has 4 heteroatoms. The zero-order valence-corrected chi connectivity index (χ0v) is 14.6. The summed E-state index contributed by atoms with van der Waals surface area (Å²) in [5, 5.41) is 1.11. The SMILES string of the molecule is CCN(CC)c1nc(-c2ccc(C)cc2)nc2ccccc12.Cl. The first-order valence-corrected chi connectivity index (χ1v) is 7.81. The Morgan fingerprint density at radius 1 is 0.870 bits per heavy atom. The van der Waals surface area contributed by atoms with Gasteiger partial charge in [-0.3, -0.25) is 0 Å². The van der Waals surface area contributed by atoms with Crippen molar-refractivity contribution in [1.82, 2.24) is 9.97 Å². The molecule has 0 spiro atoms. The number of halogens is 1. The lowest BCUT2D eigenvalue weighted by Crippen LogP contribution is -2.23. The Morgan fingerprint density at radius 2 is 1.52 bits per heavy atom. The summed E-state index contributed by atoms with van der Waals surface area (Å²) >= 11 is 0. The van der Waals surface area contributed by atoms with Gasteiger partial charge in [0.25, 0.3) is 0 Å². The molecule has 3 rings (SSSR count). The van der Waals surface area contributed by atoms with Gasteiger partial charge in [0.15, 0.2) is 5.82 Å². The Balaban J connectivity index is 0.00000192. The van der Waals surface area contributed by atoms with Gasteiger partial charge >= 0.3 is 0 Å². The second kappa shape index (κ2) is 7.42. The predicted octanol–water partition coefficient (Wildman–Crippen LogP) is 4.87. The third-order valence-corrected chi connectivity index (χ3v) is 3.96. The molecule has 0 bridgehead atoms. The van der Waals surface area contributed by atoms with E-state index in [9.17, 15) is 0 Å². The minimum absolute atomic E-state index is 0. The van der Waals surface area contributed by atoms with E-state index in [0.717, 1.165) is 41.2 Å². The fourth-order valence-electron chi connectivity index (χ4n) is 2.66. The van der Waals surface area contributed by atoms with E-state index in [2.05, 4.69) is 62.1 Å². The van der Waals surface area contributed by atoms with Gasteiger partial charge in [-0.2, -0.15) is 0 Å². The van der Waals surface area contributed by atoms with Crippen molar-refractivity contribution in [3.05, 3.63) is 54.1 Å². The fourth-order valence-corrected chi connectivity index (χ4v) is 2.66. The first-order chi connectivity index (χ1) is 10.7. The van der Waals surface area contributed by atoms with Crippen molar-refractivity contribution in [2.45, 2.75) is 20.8 Å². The predicted molar refractivity (Wildman–Crippen MR) is 101 cm³/mol. The number of aryl methyl sites for hydroxylation is 1. The van der Waals surface area contributed by atoms with E-state index in [-0.39, 0.29) is 12.4 Å². The lowest BCUT2D eigenvalue weighted by molar-refractivity contribution is 0.850. The van der Waals surface area contributed by atoms with Crippen LogP contribution in [0.2, 0.25) is 0 Å². The lowest BCUT2D eigenvalue weighted by atomic mass is 10.1. The molecule has 1 heterocycles. The summed E-state index contributed by atoms with van der Waals surface area (Å²) in [6.07, 6.45) is 0. The zero-order chi connectivity index (χ0) is 15.5. The van der Waals surface area contributed by atoms with E-state index in [1.165, 1.54) is 5.56 Å². The molecule has 0 fully saturated rings. The molecule has 0 aliphatic carbocycles. The second-order valence-electron chi connectivity index (χ2n) is 5.43. The monoisotopic (exact) mass is 327 g/mol. The maximum Gasteiger partial charge on any atom is 0.162 e. The number of nitrogens with zero attached hydrogens (tertiary/aromatic N) is 3. The van der Waals surface area contributed by atoms with E-state index in [1.54, 1.807) is 0 Å². The summed E-state index contributed by atoms with van der Waals surface area (Å²) in [5.41, 5.74) is 3.30. The van der Waals surface area contributed by atoms with Crippen LogP contribution < -0.4 is 4.90 Å². The molecule has 3 nitrogen and oxygen atoms in total. The van der Waals surface area contributed by atoms with Crippen molar-refractivity contribution in [2.24, 2.45) is 0 Å². The number of benzene rings is 2.